The molecular formula is C16H29NOS. The van der Waals surface area contributed by atoms with E-state index in [-0.39, 0.29) is 16.6 Å². The van der Waals surface area contributed by atoms with Crippen LogP contribution in [0.3, 0.4) is 0 Å². The molecule has 2 nitrogen and oxygen atoms in total. The zero-order valence-corrected chi connectivity index (χ0v) is 13.8. The summed E-state index contributed by atoms with van der Waals surface area (Å²) in [5.41, 5.74) is 0.270. The van der Waals surface area contributed by atoms with Gasteiger partial charge in [-0.3, -0.25) is 4.21 Å². The van der Waals surface area contributed by atoms with Gasteiger partial charge in [0.25, 0.3) is 0 Å². The van der Waals surface area contributed by atoms with Crippen LogP contribution in [-0.4, -0.2) is 15.2 Å². The van der Waals surface area contributed by atoms with Gasteiger partial charge in [0.2, 0.25) is 0 Å². The van der Waals surface area contributed by atoms with Gasteiger partial charge in [0, 0.05) is 16.6 Å². The molecule has 4 unspecified atom stereocenters. The smallest absolute Gasteiger partial charge is 0.0668 e. The van der Waals surface area contributed by atoms with Crippen LogP contribution < -0.4 is 0 Å². The van der Waals surface area contributed by atoms with Gasteiger partial charge in [-0.15, -0.1) is 0 Å². The summed E-state index contributed by atoms with van der Waals surface area (Å²) < 4.78 is 12.5. The third-order valence-corrected chi connectivity index (χ3v) is 6.36. The SMILES string of the molecule is CCCCCS(=O)C1CC(C(C)(C)C)CCC1C#N. The Hall–Kier alpha value is -0.360. The van der Waals surface area contributed by atoms with Crippen molar-refractivity contribution in [2.45, 2.75) is 71.5 Å². The summed E-state index contributed by atoms with van der Waals surface area (Å²) in [6.07, 6.45) is 6.37. The molecular weight excluding hydrogens is 254 g/mol. The molecule has 0 N–H and O–H groups in total. The Balaban J connectivity index is 2.65. The molecule has 0 radical (unpaired) electrons. The Kier molecular flexibility index (Phi) is 6.53. The second-order valence-electron chi connectivity index (χ2n) is 6.94. The molecule has 1 aliphatic rings. The van der Waals surface area contributed by atoms with Crippen molar-refractivity contribution in [2.75, 3.05) is 5.75 Å². The summed E-state index contributed by atoms with van der Waals surface area (Å²) in [7, 11) is -0.816. The zero-order chi connectivity index (χ0) is 14.5. The minimum Gasteiger partial charge on any atom is -0.259 e. The lowest BCUT2D eigenvalue weighted by molar-refractivity contribution is 0.167. The van der Waals surface area contributed by atoms with Crippen molar-refractivity contribution < 1.29 is 4.21 Å². The van der Waals surface area contributed by atoms with Crippen LogP contribution in [0.15, 0.2) is 0 Å². The summed E-state index contributed by atoms with van der Waals surface area (Å²) in [5, 5.41) is 9.40. The van der Waals surface area contributed by atoms with Crippen molar-refractivity contribution in [1.29, 1.82) is 5.26 Å². The first-order valence-corrected chi connectivity index (χ1v) is 9.05. The van der Waals surface area contributed by atoms with Crippen LogP contribution in [0.25, 0.3) is 0 Å². The molecule has 0 aromatic heterocycles. The second kappa shape index (κ2) is 7.43. The van der Waals surface area contributed by atoms with E-state index in [4.69, 9.17) is 0 Å². The van der Waals surface area contributed by atoms with Crippen molar-refractivity contribution in [3.05, 3.63) is 0 Å². The van der Waals surface area contributed by atoms with Gasteiger partial charge in [0.05, 0.1) is 17.2 Å². The number of hydrogen-bond donors (Lipinski definition) is 0. The summed E-state index contributed by atoms with van der Waals surface area (Å²) in [5.74, 6) is 1.41. The maximum atomic E-state index is 12.5. The normalized spacial score (nSPS) is 29.7. The standard InChI is InChI=1S/C16H29NOS/c1-5-6-7-10-19(18)15-11-14(16(2,3)4)9-8-13(15)12-17/h13-15H,5-11H2,1-4H3. The highest BCUT2D eigenvalue weighted by Crippen LogP contribution is 2.41. The second-order valence-corrected chi connectivity index (χ2v) is 8.72. The van der Waals surface area contributed by atoms with Gasteiger partial charge >= 0.3 is 0 Å². The first kappa shape index (κ1) is 16.7. The van der Waals surface area contributed by atoms with Crippen molar-refractivity contribution in [3.63, 3.8) is 0 Å². The topological polar surface area (TPSA) is 40.9 Å². The largest absolute Gasteiger partial charge is 0.259 e. The predicted molar refractivity (Wildman–Crippen MR) is 82.2 cm³/mol. The third kappa shape index (κ3) is 4.91. The maximum absolute atomic E-state index is 12.5. The molecule has 19 heavy (non-hydrogen) atoms. The van der Waals surface area contributed by atoms with E-state index in [0.29, 0.717) is 5.92 Å². The van der Waals surface area contributed by atoms with E-state index >= 15 is 0 Å². The van der Waals surface area contributed by atoms with Crippen molar-refractivity contribution in [3.8, 4) is 6.07 Å². The van der Waals surface area contributed by atoms with E-state index < -0.39 is 10.8 Å². The monoisotopic (exact) mass is 283 g/mol. The van der Waals surface area contributed by atoms with E-state index in [1.54, 1.807) is 0 Å². The Morgan fingerprint density at radius 2 is 1.95 bits per heavy atom. The maximum Gasteiger partial charge on any atom is 0.0668 e. The molecule has 0 amide bonds. The van der Waals surface area contributed by atoms with E-state index in [2.05, 4.69) is 33.8 Å². The summed E-state index contributed by atoms with van der Waals surface area (Å²) >= 11 is 0. The number of unbranched alkanes of at least 4 members (excludes halogenated alkanes) is 2. The van der Waals surface area contributed by atoms with Gasteiger partial charge in [-0.2, -0.15) is 5.26 Å². The van der Waals surface area contributed by atoms with Crippen LogP contribution in [-0.2, 0) is 10.8 Å². The van der Waals surface area contributed by atoms with Crippen LogP contribution in [0.2, 0.25) is 0 Å². The minimum atomic E-state index is -0.816. The Morgan fingerprint density at radius 3 is 2.47 bits per heavy atom. The minimum absolute atomic E-state index is 0.0149. The highest BCUT2D eigenvalue weighted by atomic mass is 32.2. The number of rotatable bonds is 5. The highest BCUT2D eigenvalue weighted by molar-refractivity contribution is 7.85. The lowest BCUT2D eigenvalue weighted by Crippen LogP contribution is -2.37. The molecule has 0 aromatic rings. The fourth-order valence-electron chi connectivity index (χ4n) is 3.00. The Bertz CT molecular complexity index is 340. The molecule has 0 aliphatic heterocycles. The molecule has 1 saturated carbocycles. The molecule has 0 spiro atoms. The van der Waals surface area contributed by atoms with Crippen molar-refractivity contribution >= 4 is 10.8 Å². The fraction of sp³-hybridized carbons (Fsp3) is 0.938. The molecule has 1 rings (SSSR count). The van der Waals surface area contributed by atoms with Crippen molar-refractivity contribution in [2.24, 2.45) is 17.3 Å². The van der Waals surface area contributed by atoms with Crippen LogP contribution in [0.4, 0.5) is 0 Å². The van der Waals surface area contributed by atoms with Crippen LogP contribution in [0.1, 0.15) is 66.2 Å². The Labute approximate surface area is 121 Å². The van der Waals surface area contributed by atoms with Gasteiger partial charge in [-0.1, -0.05) is 40.5 Å². The molecule has 1 aliphatic carbocycles. The Morgan fingerprint density at radius 1 is 1.26 bits per heavy atom. The third-order valence-electron chi connectivity index (χ3n) is 4.47. The first-order valence-electron chi connectivity index (χ1n) is 7.67. The first-order chi connectivity index (χ1) is 8.90. The molecule has 1 fully saturated rings. The van der Waals surface area contributed by atoms with E-state index in [0.717, 1.165) is 44.3 Å². The van der Waals surface area contributed by atoms with Crippen LogP contribution in [0, 0.1) is 28.6 Å². The average molecular weight is 283 g/mol. The summed E-state index contributed by atoms with van der Waals surface area (Å²) in [4.78, 5) is 0. The molecule has 0 saturated heterocycles. The van der Waals surface area contributed by atoms with E-state index in [9.17, 15) is 9.47 Å². The van der Waals surface area contributed by atoms with Gasteiger partial charge in [-0.25, -0.2) is 0 Å². The average Bonchev–Trinajstić information content (AvgIpc) is 2.37. The molecule has 0 aromatic carbocycles. The van der Waals surface area contributed by atoms with E-state index in [1.807, 2.05) is 0 Å². The highest BCUT2D eigenvalue weighted by Gasteiger charge is 2.38. The number of hydrogen-bond acceptors (Lipinski definition) is 2. The quantitative estimate of drug-likeness (QED) is 0.707. The molecule has 110 valence electrons. The van der Waals surface area contributed by atoms with Crippen LogP contribution in [0.5, 0.6) is 0 Å². The van der Waals surface area contributed by atoms with Gasteiger partial charge < -0.3 is 0 Å². The fourth-order valence-corrected chi connectivity index (χ4v) is 4.80. The molecule has 0 heterocycles. The number of nitrogens with zero attached hydrogens (tertiary/aromatic N) is 1. The van der Waals surface area contributed by atoms with Crippen LogP contribution >= 0.6 is 0 Å². The van der Waals surface area contributed by atoms with Crippen molar-refractivity contribution in [1.82, 2.24) is 0 Å². The predicted octanol–water partition coefficient (Wildman–Crippen LogP) is 4.28. The zero-order valence-electron chi connectivity index (χ0n) is 12.9. The summed E-state index contributed by atoms with van der Waals surface area (Å²) in [6, 6.07) is 2.40. The van der Waals surface area contributed by atoms with Gasteiger partial charge in [-0.05, 0) is 37.0 Å². The lowest BCUT2D eigenvalue weighted by Gasteiger charge is -2.39. The van der Waals surface area contributed by atoms with Gasteiger partial charge in [0.1, 0.15) is 0 Å². The van der Waals surface area contributed by atoms with Gasteiger partial charge in [0.15, 0.2) is 0 Å². The lowest BCUT2D eigenvalue weighted by atomic mass is 9.70. The molecule has 4 atom stereocenters. The summed E-state index contributed by atoms with van der Waals surface area (Å²) in [6.45, 7) is 8.96. The molecule has 0 bridgehead atoms. The van der Waals surface area contributed by atoms with E-state index in [1.165, 1.54) is 0 Å². The molecule has 3 heteroatoms. The number of nitriles is 1.